The third-order valence-electron chi connectivity index (χ3n) is 4.10. The molecule has 1 aromatic rings. The Labute approximate surface area is 128 Å². The van der Waals surface area contributed by atoms with Gasteiger partial charge in [-0.05, 0) is 18.8 Å². The normalized spacial score (nSPS) is 20.7. The highest BCUT2D eigenvalue weighted by atomic mass is 16.7. The number of ether oxygens (including phenoxy) is 2. The van der Waals surface area contributed by atoms with Gasteiger partial charge in [0.2, 0.25) is 11.7 Å². The first kappa shape index (κ1) is 14.9. The van der Waals surface area contributed by atoms with Crippen LogP contribution in [0.5, 0.6) is 5.75 Å². The lowest BCUT2D eigenvalue weighted by Gasteiger charge is -2.31. The van der Waals surface area contributed by atoms with E-state index in [4.69, 9.17) is 13.9 Å². The van der Waals surface area contributed by atoms with E-state index in [1.165, 1.54) is 32.1 Å². The van der Waals surface area contributed by atoms with E-state index in [2.05, 4.69) is 5.32 Å². The summed E-state index contributed by atoms with van der Waals surface area (Å²) in [5, 5.41) is 3.15. The van der Waals surface area contributed by atoms with Gasteiger partial charge in [0.1, 0.15) is 0 Å². The summed E-state index contributed by atoms with van der Waals surface area (Å²) < 4.78 is 15.8. The Morgan fingerprint density at radius 2 is 1.91 bits per heavy atom. The van der Waals surface area contributed by atoms with Gasteiger partial charge in [-0.1, -0.05) is 19.3 Å². The van der Waals surface area contributed by atoms with Gasteiger partial charge in [-0.2, -0.15) is 0 Å². The highest BCUT2D eigenvalue weighted by Gasteiger charge is 2.37. The zero-order valence-corrected chi connectivity index (χ0v) is 12.9. The molecule has 0 unspecified atom stereocenters. The molecule has 1 fully saturated rings. The van der Waals surface area contributed by atoms with Crippen LogP contribution in [0.15, 0.2) is 15.3 Å². The van der Waals surface area contributed by atoms with Crippen LogP contribution < -0.4 is 15.7 Å². The van der Waals surface area contributed by atoms with E-state index in [-0.39, 0.29) is 11.3 Å². The van der Waals surface area contributed by atoms with Crippen LogP contribution in [-0.4, -0.2) is 18.3 Å². The summed E-state index contributed by atoms with van der Waals surface area (Å²) >= 11 is 0. The summed E-state index contributed by atoms with van der Waals surface area (Å²) in [6.07, 6.45) is 6.19. The van der Waals surface area contributed by atoms with Crippen LogP contribution >= 0.6 is 0 Å². The second-order valence-electron chi connectivity index (χ2n) is 6.41. The van der Waals surface area contributed by atoms with Crippen LogP contribution in [0, 0.1) is 5.92 Å². The van der Waals surface area contributed by atoms with Crippen LogP contribution in [0.3, 0.4) is 0 Å². The molecule has 1 N–H and O–H groups in total. The molecule has 0 amide bonds. The minimum atomic E-state index is -1.08. The Morgan fingerprint density at radius 1 is 1.18 bits per heavy atom. The fraction of sp³-hybridized carbons (Fsp3) is 0.625. The Morgan fingerprint density at radius 3 is 2.64 bits per heavy atom. The molecule has 2 heterocycles. The summed E-state index contributed by atoms with van der Waals surface area (Å²) in [6, 6.07) is 1.56. The molecule has 6 nitrogen and oxygen atoms in total. The van der Waals surface area contributed by atoms with Gasteiger partial charge in [-0.25, -0.2) is 9.59 Å². The number of anilines is 1. The first-order chi connectivity index (χ1) is 10.4. The molecule has 1 aromatic heterocycles. The van der Waals surface area contributed by atoms with Crippen LogP contribution in [0.1, 0.15) is 56.3 Å². The van der Waals surface area contributed by atoms with Crippen molar-refractivity contribution in [3.63, 3.8) is 0 Å². The van der Waals surface area contributed by atoms with Crippen LogP contribution in [0.2, 0.25) is 0 Å². The maximum Gasteiger partial charge on any atom is 0.356 e. The van der Waals surface area contributed by atoms with Crippen LogP contribution in [-0.2, 0) is 4.74 Å². The van der Waals surface area contributed by atoms with Gasteiger partial charge in [-0.15, -0.1) is 0 Å². The highest BCUT2D eigenvalue weighted by Crippen LogP contribution is 2.31. The number of rotatable bonds is 3. The zero-order chi connectivity index (χ0) is 15.7. The maximum absolute atomic E-state index is 12.0. The Kier molecular flexibility index (Phi) is 3.85. The molecule has 0 atom stereocenters. The van der Waals surface area contributed by atoms with Gasteiger partial charge in [0.15, 0.2) is 11.3 Å². The largest absolute Gasteiger partial charge is 0.451 e. The molecule has 0 radical (unpaired) electrons. The van der Waals surface area contributed by atoms with Crippen LogP contribution in [0.25, 0.3) is 0 Å². The van der Waals surface area contributed by atoms with E-state index < -0.39 is 17.4 Å². The molecule has 0 bridgehead atoms. The third kappa shape index (κ3) is 3.10. The SMILES string of the molecule is CC1(C)OC(=O)c2c(cc(NCC3CCCCC3)oc2=O)O1. The smallest absolute Gasteiger partial charge is 0.356 e. The Balaban J connectivity index is 1.78. The molecule has 1 aliphatic carbocycles. The fourth-order valence-corrected chi connectivity index (χ4v) is 3.02. The minimum absolute atomic E-state index is 0.178. The van der Waals surface area contributed by atoms with E-state index in [0.29, 0.717) is 11.8 Å². The molecule has 0 saturated heterocycles. The average Bonchev–Trinajstić information content (AvgIpc) is 2.44. The number of esters is 1. The van der Waals surface area contributed by atoms with Crippen molar-refractivity contribution < 1.29 is 18.7 Å². The molecule has 0 aromatic carbocycles. The first-order valence-corrected chi connectivity index (χ1v) is 7.79. The van der Waals surface area contributed by atoms with Crippen molar-refractivity contribution in [3.05, 3.63) is 22.0 Å². The molecule has 22 heavy (non-hydrogen) atoms. The number of carbonyl (C=O) groups excluding carboxylic acids is 1. The molecule has 120 valence electrons. The van der Waals surface area contributed by atoms with Crippen molar-refractivity contribution in [2.75, 3.05) is 11.9 Å². The summed E-state index contributed by atoms with van der Waals surface area (Å²) in [4.78, 5) is 23.8. The van der Waals surface area contributed by atoms with Gasteiger partial charge >= 0.3 is 11.6 Å². The van der Waals surface area contributed by atoms with Gasteiger partial charge in [0.25, 0.3) is 0 Å². The molecule has 0 spiro atoms. The fourth-order valence-electron chi connectivity index (χ4n) is 3.02. The molecule has 1 saturated carbocycles. The van der Waals surface area contributed by atoms with Gasteiger partial charge in [-0.3, -0.25) is 0 Å². The standard InChI is InChI=1S/C16H21NO5/c1-16(2)21-11-8-12(17-9-10-6-4-3-5-7-10)20-14(18)13(11)15(19)22-16/h8,10,17H,3-7,9H2,1-2H3. The van der Waals surface area contributed by atoms with E-state index in [1.54, 1.807) is 19.9 Å². The summed E-state index contributed by atoms with van der Waals surface area (Å²) in [6.45, 7) is 4.00. The topological polar surface area (TPSA) is 77.8 Å². The lowest BCUT2D eigenvalue weighted by Crippen LogP contribution is -2.41. The minimum Gasteiger partial charge on any atom is -0.451 e. The second kappa shape index (κ2) is 5.66. The average molecular weight is 307 g/mol. The van der Waals surface area contributed by atoms with E-state index in [1.807, 2.05) is 0 Å². The van der Waals surface area contributed by atoms with Crippen molar-refractivity contribution in [2.45, 2.75) is 51.7 Å². The molecule has 6 heteroatoms. The van der Waals surface area contributed by atoms with Crippen molar-refractivity contribution in [3.8, 4) is 5.75 Å². The summed E-state index contributed by atoms with van der Waals surface area (Å²) in [5.41, 5.74) is -0.910. The summed E-state index contributed by atoms with van der Waals surface area (Å²) in [7, 11) is 0. The predicted octanol–water partition coefficient (Wildman–Crippen LogP) is 2.92. The molecule has 3 rings (SSSR count). The van der Waals surface area contributed by atoms with Crippen molar-refractivity contribution in [1.82, 2.24) is 0 Å². The maximum atomic E-state index is 12.0. The number of fused-ring (bicyclic) bond motifs is 1. The van der Waals surface area contributed by atoms with Crippen molar-refractivity contribution in [2.24, 2.45) is 5.92 Å². The molecular weight excluding hydrogens is 286 g/mol. The Bertz CT molecular complexity index is 628. The second-order valence-corrected chi connectivity index (χ2v) is 6.41. The predicted molar refractivity (Wildman–Crippen MR) is 80.2 cm³/mol. The Hall–Kier alpha value is -1.98. The molecule has 2 aliphatic rings. The van der Waals surface area contributed by atoms with E-state index in [0.717, 1.165) is 6.54 Å². The summed E-state index contributed by atoms with van der Waals surface area (Å²) in [5.74, 6) is -0.655. The van der Waals surface area contributed by atoms with Gasteiger partial charge in [0.05, 0.1) is 0 Å². The van der Waals surface area contributed by atoms with E-state index >= 15 is 0 Å². The van der Waals surface area contributed by atoms with E-state index in [9.17, 15) is 9.59 Å². The number of hydrogen-bond donors (Lipinski definition) is 1. The number of carbonyl (C=O) groups is 1. The van der Waals surface area contributed by atoms with Crippen molar-refractivity contribution >= 4 is 11.9 Å². The van der Waals surface area contributed by atoms with Crippen LogP contribution in [0.4, 0.5) is 5.88 Å². The van der Waals surface area contributed by atoms with Gasteiger partial charge in [0, 0.05) is 26.5 Å². The third-order valence-corrected chi connectivity index (χ3v) is 4.10. The number of hydrogen-bond acceptors (Lipinski definition) is 6. The quantitative estimate of drug-likeness (QED) is 0.865. The van der Waals surface area contributed by atoms with Gasteiger partial charge < -0.3 is 19.2 Å². The number of nitrogens with one attached hydrogen (secondary N) is 1. The molecular formula is C16H21NO5. The zero-order valence-electron chi connectivity index (χ0n) is 12.9. The number of cyclic esters (lactones) is 1. The lowest BCUT2D eigenvalue weighted by atomic mass is 9.89. The lowest BCUT2D eigenvalue weighted by molar-refractivity contribution is -0.128. The highest BCUT2D eigenvalue weighted by molar-refractivity contribution is 5.93. The monoisotopic (exact) mass is 307 g/mol. The molecule has 1 aliphatic heterocycles. The van der Waals surface area contributed by atoms with Crippen molar-refractivity contribution in [1.29, 1.82) is 0 Å². The first-order valence-electron chi connectivity index (χ1n) is 7.79.